The second kappa shape index (κ2) is 15.9. The zero-order valence-electron chi connectivity index (χ0n) is 25.8. The van der Waals surface area contributed by atoms with E-state index >= 15 is 0 Å². The van der Waals surface area contributed by atoms with E-state index in [0.29, 0.717) is 35.9 Å². The summed E-state index contributed by atoms with van der Waals surface area (Å²) in [6.45, 7) is 10.9. The number of hydrogen-bond donors (Lipinski definition) is 4. The molecule has 242 valence electrons. The average Bonchev–Trinajstić information content (AvgIpc) is 3.01. The van der Waals surface area contributed by atoms with Crippen molar-refractivity contribution in [3.8, 4) is 17.4 Å². The Morgan fingerprint density at radius 1 is 1.20 bits per heavy atom. The molecule has 14 heteroatoms. The van der Waals surface area contributed by atoms with Crippen LogP contribution in [0.3, 0.4) is 0 Å². The molecule has 0 spiro atoms. The fourth-order valence-electron chi connectivity index (χ4n) is 4.66. The van der Waals surface area contributed by atoms with Gasteiger partial charge >= 0.3 is 5.97 Å². The van der Waals surface area contributed by atoms with Gasteiger partial charge in [0.05, 0.1) is 32.1 Å². The van der Waals surface area contributed by atoms with E-state index in [2.05, 4.69) is 37.0 Å². The van der Waals surface area contributed by atoms with E-state index in [9.17, 15) is 14.7 Å². The average molecular weight is 657 g/mol. The largest absolute Gasteiger partial charge is 0.494 e. The number of hydrogen-bond acceptors (Lipinski definition) is 12. The first-order chi connectivity index (χ1) is 21.5. The van der Waals surface area contributed by atoms with Gasteiger partial charge in [-0.25, -0.2) is 4.98 Å². The van der Waals surface area contributed by atoms with Gasteiger partial charge in [0.2, 0.25) is 11.8 Å². The first kappa shape index (κ1) is 34.0. The molecule has 0 saturated carbocycles. The zero-order chi connectivity index (χ0) is 32.4. The molecule has 0 amide bonds. The molecule has 0 radical (unpaired) electrons. The smallest absolute Gasteiger partial charge is 0.320 e. The van der Waals surface area contributed by atoms with Crippen molar-refractivity contribution >= 4 is 48.9 Å². The number of aliphatic hydroxyl groups excluding tert-OH is 1. The third-order valence-electron chi connectivity index (χ3n) is 7.02. The number of nitrogens with one attached hydrogen (secondary N) is 2. The van der Waals surface area contributed by atoms with Gasteiger partial charge in [-0.3, -0.25) is 9.69 Å². The van der Waals surface area contributed by atoms with Crippen LogP contribution in [0.5, 0.6) is 17.4 Å². The van der Waals surface area contributed by atoms with Crippen LogP contribution in [-0.4, -0.2) is 91.7 Å². The molecular formula is C31H41ClN6O6Si. The third-order valence-corrected chi connectivity index (χ3v) is 8.85. The van der Waals surface area contributed by atoms with Crippen molar-refractivity contribution < 1.29 is 28.9 Å². The summed E-state index contributed by atoms with van der Waals surface area (Å²) in [5.74, 6) is 1.26. The predicted octanol–water partition coefficient (Wildman–Crippen LogP) is 4.84. The molecule has 12 nitrogen and oxygen atoms in total. The molecule has 45 heavy (non-hydrogen) atoms. The van der Waals surface area contributed by atoms with Crippen LogP contribution < -0.4 is 25.0 Å². The molecule has 1 aliphatic rings. The van der Waals surface area contributed by atoms with Gasteiger partial charge in [-0.2, -0.15) is 4.98 Å². The Kier molecular flexibility index (Phi) is 12.0. The van der Waals surface area contributed by atoms with E-state index in [1.165, 1.54) is 12.3 Å². The topological polar surface area (TPSA) is 142 Å². The van der Waals surface area contributed by atoms with Crippen LogP contribution in [0.15, 0.2) is 61.3 Å². The molecule has 2 heterocycles. The number of piperazine rings is 1. The highest BCUT2D eigenvalue weighted by atomic mass is 35.5. The molecule has 1 aliphatic heterocycles. The molecule has 2 aromatic carbocycles. The van der Waals surface area contributed by atoms with Gasteiger partial charge in [-0.05, 0) is 55.9 Å². The molecule has 3 aromatic rings. The highest BCUT2D eigenvalue weighted by Crippen LogP contribution is 2.34. The van der Waals surface area contributed by atoms with Gasteiger partial charge in [0.25, 0.3) is 0 Å². The van der Waals surface area contributed by atoms with Crippen molar-refractivity contribution in [1.82, 2.24) is 14.9 Å². The fourth-order valence-corrected chi connectivity index (χ4v) is 5.80. The van der Waals surface area contributed by atoms with E-state index < -0.39 is 14.5 Å². The normalized spacial score (nSPS) is 14.4. The second-order valence-corrected chi connectivity index (χ2v) is 15.7. The quantitative estimate of drug-likeness (QED) is 0.0584. The number of esters is 1. The summed E-state index contributed by atoms with van der Waals surface area (Å²) < 4.78 is 17.0. The molecule has 0 bridgehead atoms. The fraction of sp³-hybridized carbons (Fsp3) is 0.387. The van der Waals surface area contributed by atoms with Gasteiger partial charge < -0.3 is 39.6 Å². The van der Waals surface area contributed by atoms with E-state index in [-0.39, 0.29) is 29.4 Å². The van der Waals surface area contributed by atoms with Crippen LogP contribution in [-0.2, 0) is 9.53 Å². The SMILES string of the molecule is C=CC(O)Nc1cccc(Oc2nc(Nc3ccc(N4CCN(CC(=O)OCCC[Si](C)(C)O)CC4)cc3OC)ncc2Cl)c1. The number of aromatic nitrogens is 2. The molecule has 1 saturated heterocycles. The lowest BCUT2D eigenvalue weighted by molar-refractivity contribution is -0.145. The van der Waals surface area contributed by atoms with Crippen molar-refractivity contribution in [2.24, 2.45) is 0 Å². The lowest BCUT2D eigenvalue weighted by Gasteiger charge is -2.35. The first-order valence-electron chi connectivity index (χ1n) is 14.7. The van der Waals surface area contributed by atoms with Crippen molar-refractivity contribution in [3.05, 3.63) is 66.3 Å². The van der Waals surface area contributed by atoms with Crippen LogP contribution in [0, 0.1) is 0 Å². The summed E-state index contributed by atoms with van der Waals surface area (Å²) in [4.78, 5) is 35.2. The van der Waals surface area contributed by atoms with Gasteiger partial charge in [0.1, 0.15) is 22.7 Å². The Bertz CT molecular complexity index is 1450. The number of carbonyl (C=O) groups is 1. The van der Waals surface area contributed by atoms with Crippen LogP contribution in [0.2, 0.25) is 24.2 Å². The maximum atomic E-state index is 12.3. The van der Waals surface area contributed by atoms with Gasteiger partial charge in [0, 0.05) is 49.7 Å². The first-order valence-corrected chi connectivity index (χ1v) is 18.2. The number of rotatable bonds is 15. The highest BCUT2D eigenvalue weighted by molar-refractivity contribution is 6.69. The van der Waals surface area contributed by atoms with Crippen molar-refractivity contribution in [2.45, 2.75) is 31.8 Å². The number of halogens is 1. The molecule has 4 rings (SSSR count). The van der Waals surface area contributed by atoms with Crippen molar-refractivity contribution in [3.63, 3.8) is 0 Å². The standard InChI is InChI=1S/C31H41ClN6O6Si/c1-5-28(39)34-22-8-6-9-24(18-22)44-30-25(32)20-33-31(36-30)35-26-11-10-23(19-27(26)42-2)38-14-12-37(13-15-38)21-29(40)43-16-7-17-45(3,4)41/h5-6,8-11,18-20,28,34,39,41H,1,7,12-17,21H2,2-4H3,(H,33,35,36). The van der Waals surface area contributed by atoms with Gasteiger partial charge in [-0.1, -0.05) is 24.2 Å². The van der Waals surface area contributed by atoms with Crippen LogP contribution in [0.1, 0.15) is 6.42 Å². The van der Waals surface area contributed by atoms with Crippen LogP contribution in [0.4, 0.5) is 23.0 Å². The molecule has 0 aliphatic carbocycles. The Balaban J connectivity index is 1.33. The van der Waals surface area contributed by atoms with Crippen LogP contribution >= 0.6 is 11.6 Å². The Labute approximate surface area is 269 Å². The number of nitrogens with zero attached hydrogens (tertiary/aromatic N) is 4. The monoisotopic (exact) mass is 656 g/mol. The van der Waals surface area contributed by atoms with Gasteiger partial charge in [0.15, 0.2) is 8.32 Å². The summed E-state index contributed by atoms with van der Waals surface area (Å²) in [6.07, 6.45) is 2.61. The van der Waals surface area contributed by atoms with Gasteiger partial charge in [-0.15, -0.1) is 0 Å². The van der Waals surface area contributed by atoms with E-state index in [0.717, 1.165) is 37.9 Å². The number of carbonyl (C=O) groups excluding carboxylic acids is 1. The molecule has 1 unspecified atom stereocenters. The summed E-state index contributed by atoms with van der Waals surface area (Å²) in [6, 6.07) is 13.5. The summed E-state index contributed by atoms with van der Waals surface area (Å²) in [7, 11) is -0.516. The lowest BCUT2D eigenvalue weighted by Crippen LogP contribution is -2.48. The van der Waals surface area contributed by atoms with E-state index in [4.69, 9.17) is 25.8 Å². The number of benzene rings is 2. The minimum absolute atomic E-state index is 0.156. The van der Waals surface area contributed by atoms with Crippen molar-refractivity contribution in [1.29, 1.82) is 0 Å². The maximum absolute atomic E-state index is 12.3. The summed E-state index contributed by atoms with van der Waals surface area (Å²) in [5.41, 5.74) is 2.28. The molecular weight excluding hydrogens is 616 g/mol. The Hall–Kier alpha value is -3.88. The van der Waals surface area contributed by atoms with E-state index in [1.54, 1.807) is 31.4 Å². The highest BCUT2D eigenvalue weighted by Gasteiger charge is 2.22. The predicted molar refractivity (Wildman–Crippen MR) is 178 cm³/mol. The summed E-state index contributed by atoms with van der Waals surface area (Å²) in [5, 5.41) is 16.1. The molecule has 4 N–H and O–H groups in total. The third kappa shape index (κ3) is 10.6. The Morgan fingerprint density at radius 2 is 1.98 bits per heavy atom. The van der Waals surface area contributed by atoms with Crippen molar-refractivity contribution in [2.75, 3.05) is 62.0 Å². The molecule has 1 aromatic heterocycles. The maximum Gasteiger partial charge on any atom is 0.320 e. The number of methoxy groups -OCH3 is 1. The summed E-state index contributed by atoms with van der Waals surface area (Å²) >= 11 is 6.33. The molecule has 1 fully saturated rings. The van der Waals surface area contributed by atoms with Crippen LogP contribution in [0.25, 0.3) is 0 Å². The molecule has 1 atom stereocenters. The zero-order valence-corrected chi connectivity index (χ0v) is 27.6. The minimum Gasteiger partial charge on any atom is -0.494 e. The number of aliphatic hydroxyl groups is 1. The number of anilines is 4. The number of ether oxygens (including phenoxy) is 3. The second-order valence-electron chi connectivity index (χ2n) is 11.2. The lowest BCUT2D eigenvalue weighted by atomic mass is 10.2. The minimum atomic E-state index is -2.11. The van der Waals surface area contributed by atoms with E-state index in [1.807, 2.05) is 31.3 Å². The Morgan fingerprint density at radius 3 is 2.69 bits per heavy atom.